The topological polar surface area (TPSA) is 291 Å². The summed E-state index contributed by atoms with van der Waals surface area (Å²) in [6, 6.07) is 6.90. The Hall–Kier alpha value is -4.52. The normalized spacial score (nSPS) is 12.3. The molecule has 1 rings (SSSR count). The summed E-state index contributed by atoms with van der Waals surface area (Å²) in [7, 11) is 0. The maximum atomic E-state index is 13.0. The van der Waals surface area contributed by atoms with E-state index in [4.69, 9.17) is 35.2 Å². The number of hydrogen-bond donors (Lipinski definition) is 5. The number of Topliss-reactive ketones (excluding diaryl/α,β-unsaturated/α-hetero) is 1. The number of carbonyl (C=O) groups excluding carboxylic acids is 9. The van der Waals surface area contributed by atoms with Crippen LogP contribution in [0.1, 0.15) is 226 Å². The summed E-state index contributed by atoms with van der Waals surface area (Å²) in [6.07, 6.45) is 32.0. The van der Waals surface area contributed by atoms with Gasteiger partial charge in [-0.3, -0.25) is 43.2 Å². The van der Waals surface area contributed by atoms with E-state index in [1.165, 1.54) is 142 Å². The van der Waals surface area contributed by atoms with Crippen LogP contribution in [0.25, 0.3) is 0 Å². The molecule has 7 N–H and O–H groups in total. The molecule has 0 heterocycles. The minimum absolute atomic E-state index is 0. The Morgan fingerprint density at radius 2 is 1.07 bits per heavy atom. The minimum Gasteiger partial charge on any atom is -0.461 e. The molecule has 0 aliphatic rings. The molecule has 0 radical (unpaired) electrons. The number of primary amides is 2. The van der Waals surface area contributed by atoms with Crippen LogP contribution in [-0.4, -0.2) is 142 Å². The van der Waals surface area contributed by atoms with Crippen LogP contribution in [0.3, 0.4) is 0 Å². The van der Waals surface area contributed by atoms with Crippen molar-refractivity contribution in [3.8, 4) is 0 Å². The van der Waals surface area contributed by atoms with E-state index >= 15 is 0 Å². The number of nitrogens with zero attached hydrogens (tertiary/aromatic N) is 1. The molecule has 89 heavy (non-hydrogen) atoms. The number of ketones is 2. The van der Waals surface area contributed by atoms with E-state index in [1.807, 2.05) is 6.07 Å². The Labute approximate surface area is 554 Å². The van der Waals surface area contributed by atoms with E-state index in [2.05, 4.69) is 29.8 Å². The zero-order valence-corrected chi connectivity index (χ0v) is 57.7. The van der Waals surface area contributed by atoms with Crippen molar-refractivity contribution in [1.29, 1.82) is 0 Å². The van der Waals surface area contributed by atoms with E-state index in [1.54, 1.807) is 24.3 Å². The average molecular weight is 1320 g/mol. The highest BCUT2D eigenvalue weighted by Crippen LogP contribution is 2.15. The summed E-state index contributed by atoms with van der Waals surface area (Å²) in [4.78, 5) is 114. The van der Waals surface area contributed by atoms with E-state index in [9.17, 15) is 43.2 Å². The van der Waals surface area contributed by atoms with Crippen LogP contribution in [-0.2, 0) is 73.4 Å². The minimum atomic E-state index is -1.09. The van der Waals surface area contributed by atoms with Crippen molar-refractivity contribution in [1.82, 2.24) is 20.9 Å². The molecule has 0 aromatic heterocycles. The third-order valence-corrected chi connectivity index (χ3v) is 14.6. The van der Waals surface area contributed by atoms with Gasteiger partial charge >= 0.3 is 5.97 Å². The van der Waals surface area contributed by atoms with Gasteiger partial charge in [0.15, 0.2) is 11.6 Å². The second kappa shape index (κ2) is 61.0. The molecular formula is C66H118N6O14S3. The van der Waals surface area contributed by atoms with Crippen molar-refractivity contribution in [2.45, 2.75) is 245 Å². The van der Waals surface area contributed by atoms with Gasteiger partial charge in [0.25, 0.3) is 0 Å². The van der Waals surface area contributed by atoms with Crippen molar-refractivity contribution < 1.29 is 66.8 Å². The molecule has 0 aliphatic heterocycles. The second-order valence-electron chi connectivity index (χ2n) is 22.7. The van der Waals surface area contributed by atoms with Gasteiger partial charge in [-0.2, -0.15) is 40.5 Å². The largest absolute Gasteiger partial charge is 0.461 e. The SMILES string of the molecule is CCCCCCCCCCCCCCOCC(CNC(=O)CC[C@H](NC(=O)CCOCCOCCCC(=O)/C=C/C(=O)N(CC(N)=O)CC(=O)[C@H](C)NC(=O)[C@H](C)CC(=O)OCc1ccccc1)C(N)=O)OCCCCCCCCCCCCCC.S.S.S. The van der Waals surface area contributed by atoms with Crippen LogP contribution >= 0.6 is 40.5 Å². The van der Waals surface area contributed by atoms with Gasteiger partial charge in [0, 0.05) is 57.6 Å². The van der Waals surface area contributed by atoms with Crippen molar-refractivity contribution >= 4 is 93.5 Å². The molecule has 0 saturated heterocycles. The van der Waals surface area contributed by atoms with Crippen LogP contribution in [0.5, 0.6) is 0 Å². The number of benzene rings is 1. The summed E-state index contributed by atoms with van der Waals surface area (Å²) >= 11 is 0. The summed E-state index contributed by atoms with van der Waals surface area (Å²) in [5.41, 5.74) is 11.7. The first kappa shape index (κ1) is 88.7. The van der Waals surface area contributed by atoms with E-state index in [0.717, 1.165) is 48.3 Å². The molecule has 1 unspecified atom stereocenters. The Bertz CT molecular complexity index is 2060. The molecule has 1 aromatic rings. The fourth-order valence-corrected chi connectivity index (χ4v) is 9.25. The third kappa shape index (κ3) is 52.8. The van der Waals surface area contributed by atoms with Gasteiger partial charge in [0.1, 0.15) is 19.2 Å². The first-order chi connectivity index (χ1) is 41.6. The van der Waals surface area contributed by atoms with Gasteiger partial charge in [-0.25, -0.2) is 0 Å². The molecule has 1 aromatic carbocycles. The number of nitrogens with one attached hydrogen (secondary N) is 3. The highest BCUT2D eigenvalue weighted by molar-refractivity contribution is 7.59. The predicted molar refractivity (Wildman–Crippen MR) is 365 cm³/mol. The van der Waals surface area contributed by atoms with Crippen molar-refractivity contribution in [2.75, 3.05) is 65.9 Å². The summed E-state index contributed by atoms with van der Waals surface area (Å²) in [5, 5.41) is 8.04. The third-order valence-electron chi connectivity index (χ3n) is 14.6. The maximum absolute atomic E-state index is 13.0. The molecule has 0 spiro atoms. The van der Waals surface area contributed by atoms with E-state index in [-0.39, 0.29) is 124 Å². The van der Waals surface area contributed by atoms with E-state index in [0.29, 0.717) is 26.2 Å². The summed E-state index contributed by atoms with van der Waals surface area (Å²) in [6.45, 7) is 8.64. The van der Waals surface area contributed by atoms with Gasteiger partial charge in [-0.15, -0.1) is 0 Å². The van der Waals surface area contributed by atoms with E-state index < -0.39 is 78.2 Å². The molecular weight excluding hydrogens is 1200 g/mol. The van der Waals surface area contributed by atoms with Crippen LogP contribution in [0, 0.1) is 5.92 Å². The lowest BCUT2D eigenvalue weighted by molar-refractivity contribution is -0.148. The number of allylic oxidation sites excluding steroid dienone is 1. The highest BCUT2D eigenvalue weighted by Gasteiger charge is 2.26. The molecule has 0 saturated carbocycles. The highest BCUT2D eigenvalue weighted by atomic mass is 32.1. The number of carbonyl (C=O) groups is 9. The quantitative estimate of drug-likeness (QED) is 0.0231. The molecule has 20 nitrogen and oxygen atoms in total. The first-order valence-corrected chi connectivity index (χ1v) is 32.6. The predicted octanol–water partition coefficient (Wildman–Crippen LogP) is 9.48. The Kier molecular flexibility index (Phi) is 60.8. The molecule has 4 atom stereocenters. The molecule has 6 amide bonds. The lowest BCUT2D eigenvalue weighted by Crippen LogP contribution is -2.48. The fraction of sp³-hybridized carbons (Fsp3) is 0.742. The number of esters is 1. The van der Waals surface area contributed by atoms with Crippen molar-refractivity contribution in [3.63, 3.8) is 0 Å². The molecule has 514 valence electrons. The second-order valence-corrected chi connectivity index (χ2v) is 22.7. The lowest BCUT2D eigenvalue weighted by atomic mass is 10.1. The van der Waals surface area contributed by atoms with Gasteiger partial charge in [-0.1, -0.05) is 192 Å². The van der Waals surface area contributed by atoms with Gasteiger partial charge in [0.05, 0.1) is 51.5 Å². The number of amides is 6. The van der Waals surface area contributed by atoms with Crippen LogP contribution in [0.4, 0.5) is 0 Å². The molecule has 0 fully saturated rings. The van der Waals surface area contributed by atoms with Crippen molar-refractivity contribution in [3.05, 3.63) is 48.0 Å². The standard InChI is InChI=1S/C66H112N6O14.3H2S/c1-5-7-9-11-13-15-17-19-21-23-25-30-41-84-52-57(85-43-31-26-24-22-20-18-16-14-12-10-8-6-2)48-69-61(76)38-37-58(65(68)80)71-62(77)40-44-83-46-45-82-42-32-35-56(73)36-39-63(78)72(50-60(67)75)49-59(74)54(4)70-66(81)53(3)47-64(79)86-51-55-33-28-27-29-34-55;;;/h27-29,33-34,36,39,53-54,57-58H,5-26,30-32,35,37-38,40-52H2,1-4H3,(H2,67,75)(H2,68,80)(H,69,76)(H,70,81)(H,71,77);3*1H2/b39-36+;;;/t53-,54+,57?,58+;;;/m1.../s1. The fourth-order valence-electron chi connectivity index (χ4n) is 9.25. The number of nitrogens with two attached hydrogens (primary N) is 2. The Morgan fingerprint density at radius 1 is 0.551 bits per heavy atom. The summed E-state index contributed by atoms with van der Waals surface area (Å²) < 4.78 is 28.5. The number of ether oxygens (including phenoxy) is 5. The van der Waals surface area contributed by atoms with Crippen LogP contribution < -0.4 is 27.4 Å². The first-order valence-electron chi connectivity index (χ1n) is 32.6. The number of hydrogen-bond acceptors (Lipinski definition) is 14. The smallest absolute Gasteiger partial charge is 0.306 e. The molecule has 0 aliphatic carbocycles. The zero-order chi connectivity index (χ0) is 63.3. The monoisotopic (exact) mass is 1310 g/mol. The van der Waals surface area contributed by atoms with Crippen LogP contribution in [0.2, 0.25) is 0 Å². The Balaban J connectivity index is -0.0000247. The number of unbranched alkanes of at least 4 members (excludes halogenated alkanes) is 22. The number of rotatable bonds is 59. The average Bonchev–Trinajstić information content (AvgIpc) is 3.70. The van der Waals surface area contributed by atoms with Gasteiger partial charge in [0.2, 0.25) is 35.4 Å². The molecule has 23 heteroatoms. The van der Waals surface area contributed by atoms with Crippen molar-refractivity contribution in [2.24, 2.45) is 17.4 Å². The maximum Gasteiger partial charge on any atom is 0.306 e. The van der Waals surface area contributed by atoms with Gasteiger partial charge in [-0.05, 0) is 44.2 Å². The van der Waals surface area contributed by atoms with Gasteiger partial charge < -0.3 is 56.0 Å². The van der Waals surface area contributed by atoms with Crippen LogP contribution in [0.15, 0.2) is 42.5 Å². The zero-order valence-electron chi connectivity index (χ0n) is 54.7. The lowest BCUT2D eigenvalue weighted by Gasteiger charge is -2.22. The summed E-state index contributed by atoms with van der Waals surface area (Å²) in [5.74, 6) is -6.28. The Morgan fingerprint density at radius 3 is 1.61 bits per heavy atom. The molecule has 0 bridgehead atoms.